The van der Waals surface area contributed by atoms with E-state index in [1.165, 1.54) is 0 Å². The van der Waals surface area contributed by atoms with E-state index in [0.29, 0.717) is 6.54 Å². The van der Waals surface area contributed by atoms with Crippen molar-refractivity contribution in [1.29, 1.82) is 0 Å². The number of hydrogen-bond donors (Lipinski definition) is 2. The van der Waals surface area contributed by atoms with Crippen LogP contribution in [0, 0.1) is 6.92 Å². The molecule has 0 aromatic carbocycles. The molecule has 1 amide bonds. The molecule has 0 fully saturated rings. The van der Waals surface area contributed by atoms with Gasteiger partial charge >= 0.3 is 0 Å². The van der Waals surface area contributed by atoms with Crippen molar-refractivity contribution in [2.75, 3.05) is 0 Å². The molecule has 1 aromatic heterocycles. The first-order valence-electron chi connectivity index (χ1n) is 4.55. The molecule has 1 aromatic rings. The fourth-order valence-electron chi connectivity index (χ4n) is 1.04. The Morgan fingerprint density at radius 2 is 2.36 bits per heavy atom. The molecule has 1 atom stereocenters. The summed E-state index contributed by atoms with van der Waals surface area (Å²) >= 11 is 0. The van der Waals surface area contributed by atoms with Gasteiger partial charge in [-0.2, -0.15) is 0 Å². The van der Waals surface area contributed by atoms with E-state index in [9.17, 15) is 4.79 Å². The molecule has 0 bridgehead atoms. The van der Waals surface area contributed by atoms with E-state index in [0.717, 1.165) is 11.4 Å². The molecule has 0 saturated heterocycles. The van der Waals surface area contributed by atoms with E-state index in [1.54, 1.807) is 6.92 Å². The van der Waals surface area contributed by atoms with Crippen molar-refractivity contribution in [1.82, 2.24) is 10.3 Å². The van der Waals surface area contributed by atoms with Gasteiger partial charge in [-0.25, -0.2) is 0 Å². The van der Waals surface area contributed by atoms with Gasteiger partial charge in [-0.3, -0.25) is 9.78 Å². The third-order valence-electron chi connectivity index (χ3n) is 1.80. The van der Waals surface area contributed by atoms with Crippen LogP contribution >= 0.6 is 0 Å². The first kappa shape index (κ1) is 10.7. The minimum absolute atomic E-state index is 0.159. The summed E-state index contributed by atoms with van der Waals surface area (Å²) in [5.74, 6) is -0.159. The van der Waals surface area contributed by atoms with E-state index in [1.807, 2.05) is 25.1 Å². The summed E-state index contributed by atoms with van der Waals surface area (Å²) in [6.45, 7) is 4.00. The number of nitrogens with one attached hydrogen (secondary N) is 1. The number of carbonyl (C=O) groups excluding carboxylic acids is 1. The van der Waals surface area contributed by atoms with Gasteiger partial charge in [0.1, 0.15) is 0 Å². The first-order chi connectivity index (χ1) is 6.59. The van der Waals surface area contributed by atoms with Crippen LogP contribution in [0.15, 0.2) is 18.2 Å². The van der Waals surface area contributed by atoms with Crippen LogP contribution in [0.1, 0.15) is 18.3 Å². The first-order valence-corrected chi connectivity index (χ1v) is 4.55. The largest absolute Gasteiger partial charge is 0.349 e. The lowest BCUT2D eigenvalue weighted by molar-refractivity contribution is -0.122. The number of nitrogens with two attached hydrogens (primary N) is 1. The van der Waals surface area contributed by atoms with Gasteiger partial charge in [0.2, 0.25) is 5.91 Å². The second-order valence-electron chi connectivity index (χ2n) is 3.28. The zero-order valence-electron chi connectivity index (χ0n) is 8.45. The monoisotopic (exact) mass is 193 g/mol. The third kappa shape index (κ3) is 3.14. The van der Waals surface area contributed by atoms with Gasteiger partial charge < -0.3 is 11.1 Å². The molecule has 3 N–H and O–H groups in total. The molecule has 0 saturated carbocycles. The van der Waals surface area contributed by atoms with Crippen molar-refractivity contribution in [2.45, 2.75) is 26.4 Å². The predicted molar refractivity (Wildman–Crippen MR) is 54.5 cm³/mol. The molecule has 4 nitrogen and oxygen atoms in total. The zero-order chi connectivity index (χ0) is 10.6. The number of nitrogens with zero attached hydrogens (tertiary/aromatic N) is 1. The molecule has 1 unspecified atom stereocenters. The predicted octanol–water partition coefficient (Wildman–Crippen LogP) is 0.353. The maximum Gasteiger partial charge on any atom is 0.236 e. The van der Waals surface area contributed by atoms with Crippen LogP contribution in [0.5, 0.6) is 0 Å². The highest BCUT2D eigenvalue weighted by atomic mass is 16.2. The second-order valence-corrected chi connectivity index (χ2v) is 3.28. The van der Waals surface area contributed by atoms with E-state index in [-0.39, 0.29) is 5.91 Å². The Balaban J connectivity index is 2.50. The maximum absolute atomic E-state index is 11.1. The van der Waals surface area contributed by atoms with Gasteiger partial charge in [-0.1, -0.05) is 6.07 Å². The minimum atomic E-state index is -0.472. The molecule has 4 heteroatoms. The molecule has 0 aliphatic carbocycles. The summed E-state index contributed by atoms with van der Waals surface area (Å²) in [5, 5.41) is 2.70. The van der Waals surface area contributed by atoms with Crippen molar-refractivity contribution >= 4 is 5.91 Å². The van der Waals surface area contributed by atoms with Crippen molar-refractivity contribution in [2.24, 2.45) is 5.73 Å². The molecule has 76 valence electrons. The Hall–Kier alpha value is -1.42. The van der Waals surface area contributed by atoms with Crippen molar-refractivity contribution in [3.8, 4) is 0 Å². The van der Waals surface area contributed by atoms with Crippen LogP contribution in [0.25, 0.3) is 0 Å². The summed E-state index contributed by atoms with van der Waals surface area (Å²) in [7, 11) is 0. The fraction of sp³-hybridized carbons (Fsp3) is 0.400. The fourth-order valence-corrected chi connectivity index (χ4v) is 1.04. The maximum atomic E-state index is 11.1. The topological polar surface area (TPSA) is 68.0 Å². The average Bonchev–Trinajstić information content (AvgIpc) is 2.14. The molecule has 0 spiro atoms. The average molecular weight is 193 g/mol. The van der Waals surface area contributed by atoms with Gasteiger partial charge in [0.25, 0.3) is 0 Å². The quantitative estimate of drug-likeness (QED) is 0.728. The molecule has 0 aliphatic heterocycles. The summed E-state index contributed by atoms with van der Waals surface area (Å²) < 4.78 is 0. The molecule has 1 rings (SSSR count). The van der Waals surface area contributed by atoms with Crippen LogP contribution in [0.3, 0.4) is 0 Å². The van der Waals surface area contributed by atoms with Crippen molar-refractivity contribution in [3.63, 3.8) is 0 Å². The van der Waals surface area contributed by atoms with Crippen molar-refractivity contribution in [3.05, 3.63) is 29.6 Å². The Kier molecular flexibility index (Phi) is 3.59. The van der Waals surface area contributed by atoms with E-state index >= 15 is 0 Å². The normalized spacial score (nSPS) is 12.2. The lowest BCUT2D eigenvalue weighted by Crippen LogP contribution is -2.37. The van der Waals surface area contributed by atoms with Crippen LogP contribution in [-0.4, -0.2) is 16.9 Å². The van der Waals surface area contributed by atoms with Crippen LogP contribution in [0.4, 0.5) is 0 Å². The third-order valence-corrected chi connectivity index (χ3v) is 1.80. The number of amides is 1. The molecule has 0 radical (unpaired) electrons. The summed E-state index contributed by atoms with van der Waals surface area (Å²) in [6, 6.07) is 5.22. The van der Waals surface area contributed by atoms with E-state index in [2.05, 4.69) is 10.3 Å². The lowest BCUT2D eigenvalue weighted by Gasteiger charge is -2.07. The Bertz CT molecular complexity index is 323. The van der Waals surface area contributed by atoms with Gasteiger partial charge in [-0.15, -0.1) is 0 Å². The smallest absolute Gasteiger partial charge is 0.236 e. The minimum Gasteiger partial charge on any atom is -0.349 e. The number of rotatable bonds is 3. The van der Waals surface area contributed by atoms with Crippen LogP contribution in [-0.2, 0) is 11.3 Å². The SMILES string of the molecule is Cc1cccc(CNC(=O)C(C)N)n1. The van der Waals surface area contributed by atoms with Crippen LogP contribution < -0.4 is 11.1 Å². The second kappa shape index (κ2) is 4.72. The Labute approximate surface area is 83.5 Å². The standard InChI is InChI=1S/C10H15N3O/c1-7-4-3-5-9(13-7)6-12-10(14)8(2)11/h3-5,8H,6,11H2,1-2H3,(H,12,14). The summed E-state index contributed by atoms with van der Waals surface area (Å²) in [5.41, 5.74) is 7.19. The summed E-state index contributed by atoms with van der Waals surface area (Å²) in [4.78, 5) is 15.4. The zero-order valence-corrected chi connectivity index (χ0v) is 8.45. The number of pyridine rings is 1. The van der Waals surface area contributed by atoms with Gasteiger partial charge in [0.15, 0.2) is 0 Å². The molecular formula is C10H15N3O. The van der Waals surface area contributed by atoms with Crippen molar-refractivity contribution < 1.29 is 4.79 Å². The number of aromatic nitrogens is 1. The Morgan fingerprint density at radius 3 is 2.93 bits per heavy atom. The lowest BCUT2D eigenvalue weighted by atomic mass is 10.3. The van der Waals surface area contributed by atoms with Crippen LogP contribution in [0.2, 0.25) is 0 Å². The van der Waals surface area contributed by atoms with Gasteiger partial charge in [-0.05, 0) is 26.0 Å². The number of hydrogen-bond acceptors (Lipinski definition) is 3. The van der Waals surface area contributed by atoms with Gasteiger partial charge in [0, 0.05) is 5.69 Å². The molecule has 1 heterocycles. The highest BCUT2D eigenvalue weighted by molar-refractivity contribution is 5.80. The number of aryl methyl sites for hydroxylation is 1. The Morgan fingerprint density at radius 1 is 1.64 bits per heavy atom. The molecular weight excluding hydrogens is 178 g/mol. The van der Waals surface area contributed by atoms with E-state index in [4.69, 9.17) is 5.73 Å². The molecule has 0 aliphatic rings. The van der Waals surface area contributed by atoms with Gasteiger partial charge in [0.05, 0.1) is 18.3 Å². The molecule has 14 heavy (non-hydrogen) atoms. The highest BCUT2D eigenvalue weighted by Crippen LogP contribution is 1.97. The number of carbonyl (C=O) groups is 1. The summed E-state index contributed by atoms with van der Waals surface area (Å²) in [6.07, 6.45) is 0. The van der Waals surface area contributed by atoms with E-state index < -0.39 is 6.04 Å². The highest BCUT2D eigenvalue weighted by Gasteiger charge is 2.06.